The average Bonchev–Trinajstić information content (AvgIpc) is 2.90. The van der Waals surface area contributed by atoms with Crippen molar-refractivity contribution in [1.82, 2.24) is 25.0 Å². The first-order chi connectivity index (χ1) is 12.1. The van der Waals surface area contributed by atoms with Crippen molar-refractivity contribution >= 4 is 39.3 Å². The number of methoxy groups -OCH3 is 3. The molecule has 12 heteroatoms. The fraction of sp³-hybridized carbons (Fsp3) is 0.308. The number of allylic oxidation sites excluding steroid dienone is 2. The number of anilines is 1. The SMILES string of the molecule is COC1=C(OC)C(OC)=C(Cn2nnc3c(Br)nc(N)nc32)ON=C1. The summed E-state index contributed by atoms with van der Waals surface area (Å²) in [6, 6.07) is 0. The van der Waals surface area contributed by atoms with E-state index in [1.165, 1.54) is 32.2 Å². The maximum absolute atomic E-state index is 5.69. The highest BCUT2D eigenvalue weighted by atomic mass is 79.9. The van der Waals surface area contributed by atoms with Crippen molar-refractivity contribution in [2.45, 2.75) is 6.54 Å². The van der Waals surface area contributed by atoms with Gasteiger partial charge >= 0.3 is 0 Å². The fourth-order valence-electron chi connectivity index (χ4n) is 2.20. The second kappa shape index (κ2) is 6.93. The quantitative estimate of drug-likeness (QED) is 0.713. The van der Waals surface area contributed by atoms with Crippen LogP contribution in [0, 0.1) is 0 Å². The highest BCUT2D eigenvalue weighted by Gasteiger charge is 2.25. The Balaban J connectivity index is 2.08. The molecule has 0 fully saturated rings. The second-order valence-electron chi connectivity index (χ2n) is 4.68. The Morgan fingerprint density at radius 2 is 1.92 bits per heavy atom. The van der Waals surface area contributed by atoms with Crippen LogP contribution in [-0.2, 0) is 25.6 Å². The fourth-order valence-corrected chi connectivity index (χ4v) is 2.64. The Bertz CT molecular complexity index is 905. The topological polar surface area (TPSA) is 132 Å². The van der Waals surface area contributed by atoms with Crippen molar-refractivity contribution in [2.75, 3.05) is 27.1 Å². The molecule has 3 heterocycles. The number of hydrogen-bond acceptors (Lipinski definition) is 10. The van der Waals surface area contributed by atoms with Crippen LogP contribution in [0.1, 0.15) is 0 Å². The summed E-state index contributed by atoms with van der Waals surface area (Å²) in [5.41, 5.74) is 6.58. The maximum Gasteiger partial charge on any atom is 0.223 e. The van der Waals surface area contributed by atoms with Crippen molar-refractivity contribution < 1.29 is 19.0 Å². The van der Waals surface area contributed by atoms with Crippen LogP contribution in [0.2, 0.25) is 0 Å². The van der Waals surface area contributed by atoms with Gasteiger partial charge in [0.25, 0.3) is 0 Å². The normalized spacial score (nSPS) is 14.6. The summed E-state index contributed by atoms with van der Waals surface area (Å²) in [7, 11) is 4.45. The molecule has 25 heavy (non-hydrogen) atoms. The van der Waals surface area contributed by atoms with E-state index < -0.39 is 0 Å². The molecular weight excluding hydrogens is 398 g/mol. The highest BCUT2D eigenvalue weighted by Crippen LogP contribution is 2.26. The van der Waals surface area contributed by atoms with E-state index >= 15 is 0 Å². The van der Waals surface area contributed by atoms with Gasteiger partial charge in [-0.1, -0.05) is 10.4 Å². The third-order valence-corrected chi connectivity index (χ3v) is 3.83. The van der Waals surface area contributed by atoms with Crippen LogP contribution in [0.15, 0.2) is 32.8 Å². The van der Waals surface area contributed by atoms with Crippen molar-refractivity contribution in [3.63, 3.8) is 0 Å². The van der Waals surface area contributed by atoms with E-state index in [4.69, 9.17) is 24.8 Å². The predicted octanol–water partition coefficient (Wildman–Crippen LogP) is 0.944. The molecule has 1 aliphatic heterocycles. The molecule has 0 amide bonds. The molecule has 0 atom stereocenters. The van der Waals surface area contributed by atoms with Gasteiger partial charge in [-0.2, -0.15) is 4.98 Å². The van der Waals surface area contributed by atoms with Crippen LogP contribution in [-0.4, -0.2) is 52.5 Å². The summed E-state index contributed by atoms with van der Waals surface area (Å²) >= 11 is 3.28. The largest absolute Gasteiger partial charge is 0.491 e. The molecule has 132 valence electrons. The lowest BCUT2D eigenvalue weighted by Crippen LogP contribution is -2.11. The number of halogens is 1. The number of fused-ring (bicyclic) bond motifs is 1. The molecule has 2 aromatic rings. The minimum atomic E-state index is 0.0859. The number of nitrogens with zero attached hydrogens (tertiary/aromatic N) is 6. The minimum absolute atomic E-state index is 0.0859. The Morgan fingerprint density at radius 1 is 1.16 bits per heavy atom. The second-order valence-corrected chi connectivity index (χ2v) is 5.43. The summed E-state index contributed by atoms with van der Waals surface area (Å²) in [6.45, 7) is 0.115. The van der Waals surface area contributed by atoms with Crippen LogP contribution < -0.4 is 5.73 Å². The summed E-state index contributed by atoms with van der Waals surface area (Å²) in [5.74, 6) is 1.40. The van der Waals surface area contributed by atoms with E-state index in [2.05, 4.69) is 41.4 Å². The van der Waals surface area contributed by atoms with Crippen molar-refractivity contribution in [1.29, 1.82) is 0 Å². The standard InChI is InChI=1S/C13H14BrN7O4/c1-22-6-4-16-25-7(10(24-3)9(6)23-2)5-21-12-8(19-20-21)11(14)17-13(15)18-12/h4H,5H2,1-3H3,(H2,15,17,18). The maximum atomic E-state index is 5.69. The van der Waals surface area contributed by atoms with E-state index in [9.17, 15) is 0 Å². The number of nitrogen functional groups attached to an aromatic ring is 1. The van der Waals surface area contributed by atoms with Gasteiger partial charge in [0.05, 0.1) is 21.3 Å². The molecule has 11 nitrogen and oxygen atoms in total. The van der Waals surface area contributed by atoms with Crippen molar-refractivity contribution in [3.05, 3.63) is 27.6 Å². The van der Waals surface area contributed by atoms with Crippen LogP contribution >= 0.6 is 15.9 Å². The first kappa shape index (κ1) is 17.0. The molecule has 2 aromatic heterocycles. The lowest BCUT2D eigenvalue weighted by molar-refractivity contribution is 0.154. The van der Waals surface area contributed by atoms with Crippen molar-refractivity contribution in [3.8, 4) is 0 Å². The molecule has 1 aliphatic rings. The lowest BCUT2D eigenvalue weighted by atomic mass is 10.3. The molecular formula is C13H14BrN7O4. The highest BCUT2D eigenvalue weighted by molar-refractivity contribution is 9.10. The van der Waals surface area contributed by atoms with E-state index in [0.717, 1.165) is 0 Å². The smallest absolute Gasteiger partial charge is 0.223 e. The average molecular weight is 412 g/mol. The first-order valence-corrected chi connectivity index (χ1v) is 7.70. The zero-order valence-corrected chi connectivity index (χ0v) is 15.1. The van der Waals surface area contributed by atoms with Gasteiger partial charge in [0.2, 0.25) is 23.2 Å². The zero-order chi connectivity index (χ0) is 18.0. The lowest BCUT2D eigenvalue weighted by Gasteiger charge is -2.13. The Labute approximate surface area is 150 Å². The van der Waals surface area contributed by atoms with Gasteiger partial charge < -0.3 is 24.8 Å². The number of rotatable bonds is 5. The predicted molar refractivity (Wildman–Crippen MR) is 89.9 cm³/mol. The summed E-state index contributed by atoms with van der Waals surface area (Å²) < 4.78 is 17.9. The van der Waals surface area contributed by atoms with E-state index in [1.54, 1.807) is 0 Å². The zero-order valence-electron chi connectivity index (χ0n) is 13.6. The van der Waals surface area contributed by atoms with E-state index in [1.807, 2.05) is 0 Å². The molecule has 2 N–H and O–H groups in total. The van der Waals surface area contributed by atoms with Crippen molar-refractivity contribution in [2.24, 2.45) is 5.16 Å². The first-order valence-electron chi connectivity index (χ1n) is 6.91. The monoisotopic (exact) mass is 411 g/mol. The Kier molecular flexibility index (Phi) is 4.70. The minimum Gasteiger partial charge on any atom is -0.491 e. The Morgan fingerprint density at radius 3 is 2.60 bits per heavy atom. The Hall–Kier alpha value is -2.89. The number of oxime groups is 1. The molecule has 0 spiro atoms. The van der Waals surface area contributed by atoms with Gasteiger partial charge in [0.1, 0.15) is 17.4 Å². The number of hydrogen-bond donors (Lipinski definition) is 1. The summed E-state index contributed by atoms with van der Waals surface area (Å²) in [6.07, 6.45) is 1.38. The molecule has 0 radical (unpaired) electrons. The van der Waals surface area contributed by atoms with Crippen LogP contribution in [0.4, 0.5) is 5.95 Å². The summed E-state index contributed by atoms with van der Waals surface area (Å²) in [5, 5.41) is 11.9. The summed E-state index contributed by atoms with van der Waals surface area (Å²) in [4.78, 5) is 13.5. The molecule has 0 saturated carbocycles. The van der Waals surface area contributed by atoms with E-state index in [-0.39, 0.29) is 12.5 Å². The molecule has 0 aliphatic carbocycles. The molecule has 0 unspecified atom stereocenters. The third kappa shape index (κ3) is 3.07. The van der Waals surface area contributed by atoms with Gasteiger partial charge in [-0.25, -0.2) is 9.67 Å². The molecule has 0 aromatic carbocycles. The van der Waals surface area contributed by atoms with Gasteiger partial charge in [0.15, 0.2) is 16.9 Å². The number of nitrogens with two attached hydrogens (primary N) is 1. The van der Waals surface area contributed by atoms with Crippen LogP contribution in [0.5, 0.6) is 0 Å². The molecule has 0 saturated heterocycles. The van der Waals surface area contributed by atoms with E-state index in [0.29, 0.717) is 38.8 Å². The van der Waals surface area contributed by atoms with Gasteiger partial charge in [-0.15, -0.1) is 5.10 Å². The molecule has 0 bridgehead atoms. The third-order valence-electron chi connectivity index (χ3n) is 3.28. The number of ether oxygens (including phenoxy) is 3. The van der Waals surface area contributed by atoms with Crippen LogP contribution in [0.25, 0.3) is 11.2 Å². The van der Waals surface area contributed by atoms with Gasteiger partial charge in [0, 0.05) is 0 Å². The van der Waals surface area contributed by atoms with Gasteiger partial charge in [-0.3, -0.25) is 0 Å². The van der Waals surface area contributed by atoms with Gasteiger partial charge in [-0.05, 0) is 15.9 Å². The number of aromatic nitrogens is 5. The molecule has 3 rings (SSSR count). The van der Waals surface area contributed by atoms with Crippen LogP contribution in [0.3, 0.4) is 0 Å².